The molecule has 106 valence electrons. The Labute approximate surface area is 122 Å². The van der Waals surface area contributed by atoms with Crippen molar-refractivity contribution in [3.05, 3.63) is 52.2 Å². The van der Waals surface area contributed by atoms with Gasteiger partial charge in [0.2, 0.25) is 0 Å². The molecule has 5 heteroatoms. The zero-order chi connectivity index (χ0) is 14.4. The molecule has 0 fully saturated rings. The van der Waals surface area contributed by atoms with Crippen LogP contribution in [0.4, 0.5) is 0 Å². The third kappa shape index (κ3) is 3.82. The van der Waals surface area contributed by atoms with Crippen molar-refractivity contribution in [3.63, 3.8) is 0 Å². The van der Waals surface area contributed by atoms with Gasteiger partial charge in [-0.2, -0.15) is 0 Å². The fourth-order valence-corrected chi connectivity index (χ4v) is 2.54. The number of hydrogen-bond acceptors (Lipinski definition) is 4. The van der Waals surface area contributed by atoms with Crippen LogP contribution in [-0.2, 0) is 0 Å². The molecule has 0 aliphatic heterocycles. The summed E-state index contributed by atoms with van der Waals surface area (Å²) in [7, 11) is 1.58. The van der Waals surface area contributed by atoms with Crippen LogP contribution in [0, 0.1) is 0 Å². The molecule has 1 heterocycles. The predicted molar refractivity (Wildman–Crippen MR) is 79.2 cm³/mol. The van der Waals surface area contributed by atoms with Crippen LogP contribution in [0.25, 0.3) is 0 Å². The number of ether oxygens (including phenoxy) is 1. The van der Waals surface area contributed by atoms with Gasteiger partial charge in [-0.1, -0.05) is 6.07 Å². The molecule has 0 saturated carbocycles. The Morgan fingerprint density at radius 1 is 1.35 bits per heavy atom. The summed E-state index contributed by atoms with van der Waals surface area (Å²) < 4.78 is 5.04. The Morgan fingerprint density at radius 2 is 2.10 bits per heavy atom. The van der Waals surface area contributed by atoms with E-state index in [0.29, 0.717) is 18.5 Å². The van der Waals surface area contributed by atoms with Gasteiger partial charge in [0.25, 0.3) is 5.91 Å². The minimum atomic E-state index is -0.522. The first-order valence-electron chi connectivity index (χ1n) is 6.34. The van der Waals surface area contributed by atoms with Crippen molar-refractivity contribution in [1.82, 2.24) is 5.32 Å². The zero-order valence-corrected chi connectivity index (χ0v) is 12.0. The molecule has 0 radical (unpaired) electrons. The van der Waals surface area contributed by atoms with Crippen LogP contribution >= 0.6 is 11.3 Å². The van der Waals surface area contributed by atoms with Gasteiger partial charge < -0.3 is 15.2 Å². The molecule has 2 aromatic rings. The van der Waals surface area contributed by atoms with Gasteiger partial charge in [-0.05, 0) is 42.1 Å². The molecule has 4 nitrogen and oxygen atoms in total. The van der Waals surface area contributed by atoms with E-state index < -0.39 is 6.10 Å². The number of hydrogen-bond donors (Lipinski definition) is 2. The van der Waals surface area contributed by atoms with E-state index in [0.717, 1.165) is 10.6 Å². The van der Waals surface area contributed by atoms with Crippen LogP contribution in [0.2, 0.25) is 0 Å². The summed E-state index contributed by atoms with van der Waals surface area (Å²) in [5.41, 5.74) is 0.580. The highest BCUT2D eigenvalue weighted by Crippen LogP contribution is 2.21. The lowest BCUT2D eigenvalue weighted by molar-refractivity contribution is 0.0943. The third-order valence-corrected chi connectivity index (χ3v) is 3.90. The van der Waals surface area contributed by atoms with Gasteiger partial charge in [0.15, 0.2) is 0 Å². The van der Waals surface area contributed by atoms with E-state index >= 15 is 0 Å². The van der Waals surface area contributed by atoms with Crippen LogP contribution in [-0.4, -0.2) is 24.7 Å². The average Bonchev–Trinajstić information content (AvgIpc) is 3.01. The quantitative estimate of drug-likeness (QED) is 0.860. The molecule has 20 heavy (non-hydrogen) atoms. The summed E-state index contributed by atoms with van der Waals surface area (Å²) in [5.74, 6) is 0.570. The zero-order valence-electron chi connectivity index (χ0n) is 11.2. The molecular formula is C15H17NO3S. The molecule has 1 aromatic heterocycles. The SMILES string of the molecule is COc1ccc(C(=O)NCCC(O)c2cccs2)cc1. The van der Waals surface area contributed by atoms with Crippen molar-refractivity contribution in [3.8, 4) is 5.75 Å². The second-order valence-electron chi connectivity index (χ2n) is 4.30. The molecule has 1 amide bonds. The standard InChI is InChI=1S/C15H17NO3S/c1-19-12-6-4-11(5-7-12)15(18)16-9-8-13(17)14-3-2-10-20-14/h2-7,10,13,17H,8-9H2,1H3,(H,16,18). The average molecular weight is 291 g/mol. The maximum Gasteiger partial charge on any atom is 0.251 e. The van der Waals surface area contributed by atoms with E-state index in [4.69, 9.17) is 4.74 Å². The van der Waals surface area contributed by atoms with Crippen LogP contribution in [0.5, 0.6) is 5.75 Å². The maximum atomic E-state index is 11.9. The Kier molecular flexibility index (Phi) is 5.15. The molecule has 0 saturated heterocycles. The lowest BCUT2D eigenvalue weighted by Crippen LogP contribution is -2.25. The Morgan fingerprint density at radius 3 is 2.70 bits per heavy atom. The van der Waals surface area contributed by atoms with Gasteiger partial charge in [-0.25, -0.2) is 0 Å². The number of benzene rings is 1. The van der Waals surface area contributed by atoms with E-state index in [1.54, 1.807) is 31.4 Å². The van der Waals surface area contributed by atoms with Gasteiger partial charge in [-0.15, -0.1) is 11.3 Å². The van der Waals surface area contributed by atoms with Gasteiger partial charge in [0.1, 0.15) is 5.75 Å². The highest BCUT2D eigenvalue weighted by Gasteiger charge is 2.10. The van der Waals surface area contributed by atoms with Gasteiger partial charge in [0.05, 0.1) is 13.2 Å². The Bertz CT molecular complexity index is 537. The molecule has 0 aliphatic rings. The molecule has 0 bridgehead atoms. The van der Waals surface area contributed by atoms with E-state index in [1.807, 2.05) is 17.5 Å². The van der Waals surface area contributed by atoms with E-state index in [9.17, 15) is 9.90 Å². The number of thiophene rings is 1. The van der Waals surface area contributed by atoms with E-state index in [-0.39, 0.29) is 5.91 Å². The van der Waals surface area contributed by atoms with Crippen molar-refractivity contribution in [2.45, 2.75) is 12.5 Å². The van der Waals surface area contributed by atoms with Crippen molar-refractivity contribution >= 4 is 17.2 Å². The first kappa shape index (κ1) is 14.6. The molecular weight excluding hydrogens is 274 g/mol. The summed E-state index contributed by atoms with van der Waals surface area (Å²) in [6.45, 7) is 0.434. The van der Waals surface area contributed by atoms with Crippen molar-refractivity contribution in [2.24, 2.45) is 0 Å². The summed E-state index contributed by atoms with van der Waals surface area (Å²) in [5, 5.41) is 14.6. The van der Waals surface area contributed by atoms with Gasteiger partial charge >= 0.3 is 0 Å². The molecule has 1 unspecified atom stereocenters. The molecule has 1 aromatic carbocycles. The number of methoxy groups -OCH3 is 1. The highest BCUT2D eigenvalue weighted by atomic mass is 32.1. The maximum absolute atomic E-state index is 11.9. The number of aliphatic hydroxyl groups excluding tert-OH is 1. The predicted octanol–water partition coefficient (Wildman–Crippen LogP) is 2.61. The second kappa shape index (κ2) is 7.07. The van der Waals surface area contributed by atoms with Crippen LogP contribution in [0.3, 0.4) is 0 Å². The number of aliphatic hydroxyl groups is 1. The fraction of sp³-hybridized carbons (Fsp3) is 0.267. The molecule has 2 N–H and O–H groups in total. The van der Waals surface area contributed by atoms with Crippen molar-refractivity contribution < 1.29 is 14.6 Å². The van der Waals surface area contributed by atoms with Crippen molar-refractivity contribution in [1.29, 1.82) is 0 Å². The number of nitrogens with one attached hydrogen (secondary N) is 1. The first-order valence-corrected chi connectivity index (χ1v) is 7.22. The minimum absolute atomic E-state index is 0.147. The third-order valence-electron chi connectivity index (χ3n) is 2.93. The lowest BCUT2D eigenvalue weighted by Gasteiger charge is -2.10. The first-order chi connectivity index (χ1) is 9.70. The summed E-state index contributed by atoms with van der Waals surface area (Å²) in [6, 6.07) is 10.7. The molecule has 1 atom stereocenters. The normalized spacial score (nSPS) is 11.9. The van der Waals surface area contributed by atoms with Gasteiger partial charge in [0, 0.05) is 17.0 Å². The molecule has 0 spiro atoms. The minimum Gasteiger partial charge on any atom is -0.497 e. The highest BCUT2D eigenvalue weighted by molar-refractivity contribution is 7.10. The smallest absolute Gasteiger partial charge is 0.251 e. The Balaban J connectivity index is 1.80. The van der Waals surface area contributed by atoms with Crippen LogP contribution < -0.4 is 10.1 Å². The Hall–Kier alpha value is -1.85. The monoisotopic (exact) mass is 291 g/mol. The van der Waals surface area contributed by atoms with Gasteiger partial charge in [-0.3, -0.25) is 4.79 Å². The fourth-order valence-electron chi connectivity index (χ4n) is 1.79. The lowest BCUT2D eigenvalue weighted by atomic mass is 10.2. The van der Waals surface area contributed by atoms with Crippen LogP contribution in [0.15, 0.2) is 41.8 Å². The van der Waals surface area contributed by atoms with E-state index in [2.05, 4.69) is 5.32 Å². The summed E-state index contributed by atoms with van der Waals surface area (Å²) in [4.78, 5) is 12.8. The number of amides is 1. The number of carbonyl (C=O) groups excluding carboxylic acids is 1. The summed E-state index contributed by atoms with van der Waals surface area (Å²) in [6.07, 6.45) is -0.0197. The number of rotatable bonds is 6. The van der Waals surface area contributed by atoms with Crippen LogP contribution in [0.1, 0.15) is 27.8 Å². The molecule has 2 rings (SSSR count). The second-order valence-corrected chi connectivity index (χ2v) is 5.28. The summed E-state index contributed by atoms with van der Waals surface area (Å²) >= 11 is 1.51. The van der Waals surface area contributed by atoms with Crippen molar-refractivity contribution in [2.75, 3.05) is 13.7 Å². The largest absolute Gasteiger partial charge is 0.497 e. The topological polar surface area (TPSA) is 58.6 Å². The molecule has 0 aliphatic carbocycles. The van der Waals surface area contributed by atoms with E-state index in [1.165, 1.54) is 11.3 Å². The number of carbonyl (C=O) groups is 1.